The third-order valence-electron chi connectivity index (χ3n) is 4.80. The van der Waals surface area contributed by atoms with Crippen LogP contribution in [-0.4, -0.2) is 63.0 Å². The molecule has 0 bridgehead atoms. The maximum absolute atomic E-state index is 12.2. The van der Waals surface area contributed by atoms with E-state index in [2.05, 4.69) is 15.5 Å². The van der Waals surface area contributed by atoms with Crippen LogP contribution in [0.15, 0.2) is 24.3 Å². The summed E-state index contributed by atoms with van der Waals surface area (Å²) in [6.45, 7) is 7.63. The first-order chi connectivity index (χ1) is 11.7. The van der Waals surface area contributed by atoms with Crippen LogP contribution < -0.4 is 10.6 Å². The molecule has 2 aliphatic heterocycles. The van der Waals surface area contributed by atoms with Gasteiger partial charge >= 0.3 is 6.03 Å². The van der Waals surface area contributed by atoms with Crippen LogP contribution in [0.5, 0.6) is 0 Å². The highest BCUT2D eigenvalue weighted by molar-refractivity contribution is 5.89. The van der Waals surface area contributed by atoms with Crippen molar-refractivity contribution in [3.8, 4) is 0 Å². The van der Waals surface area contributed by atoms with Gasteiger partial charge in [0.1, 0.15) is 0 Å². The van der Waals surface area contributed by atoms with E-state index in [0.717, 1.165) is 51.6 Å². The largest absolute Gasteiger partial charge is 0.381 e. The average molecular weight is 333 g/mol. The Balaban J connectivity index is 1.53. The fraction of sp³-hybridized carbons (Fsp3) is 0.611. The number of nitrogens with zero attached hydrogens (tertiary/aromatic N) is 1. The Hall–Kier alpha value is -1.63. The normalized spacial score (nSPS) is 23.0. The van der Waals surface area contributed by atoms with Crippen LogP contribution in [0.3, 0.4) is 0 Å². The lowest BCUT2D eigenvalue weighted by Gasteiger charge is -2.37. The Morgan fingerprint density at radius 3 is 2.62 bits per heavy atom. The molecule has 6 heteroatoms. The highest BCUT2D eigenvalue weighted by Gasteiger charge is 2.31. The smallest absolute Gasteiger partial charge is 0.319 e. The minimum atomic E-state index is -0.156. The van der Waals surface area contributed by atoms with Crippen LogP contribution >= 0.6 is 0 Å². The van der Waals surface area contributed by atoms with Crippen molar-refractivity contribution in [2.75, 3.05) is 51.4 Å². The molecule has 2 saturated heterocycles. The van der Waals surface area contributed by atoms with Gasteiger partial charge in [-0.05, 0) is 25.5 Å². The molecule has 1 aromatic rings. The molecule has 2 fully saturated rings. The Labute approximate surface area is 143 Å². The molecule has 0 radical (unpaired) electrons. The summed E-state index contributed by atoms with van der Waals surface area (Å²) in [6, 6.07) is 7.96. The third-order valence-corrected chi connectivity index (χ3v) is 4.80. The van der Waals surface area contributed by atoms with Crippen molar-refractivity contribution >= 4 is 11.7 Å². The molecule has 0 aromatic heterocycles. The highest BCUT2D eigenvalue weighted by atomic mass is 16.5. The maximum Gasteiger partial charge on any atom is 0.319 e. The monoisotopic (exact) mass is 333 g/mol. The summed E-state index contributed by atoms with van der Waals surface area (Å²) in [5.74, 6) is 0.475. The lowest BCUT2D eigenvalue weighted by atomic mass is 9.97. The number of carbonyl (C=O) groups excluding carboxylic acids is 1. The summed E-state index contributed by atoms with van der Waals surface area (Å²) in [5.41, 5.74) is 1.99. The molecule has 1 aromatic carbocycles. The molecule has 6 nitrogen and oxygen atoms in total. The predicted octanol–water partition coefficient (Wildman–Crippen LogP) is 1.85. The number of nitrogens with one attached hydrogen (secondary N) is 2. The summed E-state index contributed by atoms with van der Waals surface area (Å²) in [5, 5.41) is 5.93. The van der Waals surface area contributed by atoms with Crippen LogP contribution in [0.4, 0.5) is 10.5 Å². The number of amides is 2. The standard InChI is InChI=1S/C18H27N3O3/c1-14-2-4-16(5-3-14)20-18(22)19-12-17(15-6-9-24-13-15)21-7-10-23-11-8-21/h2-5,15,17H,6-13H2,1H3,(H2,19,20,22). The second kappa shape index (κ2) is 8.46. The van der Waals surface area contributed by atoms with E-state index in [1.165, 1.54) is 5.56 Å². The van der Waals surface area contributed by atoms with Gasteiger partial charge in [-0.3, -0.25) is 4.90 Å². The zero-order valence-corrected chi connectivity index (χ0v) is 14.3. The molecule has 132 valence electrons. The van der Waals surface area contributed by atoms with E-state index in [1.54, 1.807) is 0 Å². The quantitative estimate of drug-likeness (QED) is 0.863. The molecule has 2 amide bonds. The van der Waals surface area contributed by atoms with E-state index in [4.69, 9.17) is 9.47 Å². The summed E-state index contributed by atoms with van der Waals surface area (Å²) < 4.78 is 11.0. The molecule has 24 heavy (non-hydrogen) atoms. The van der Waals surface area contributed by atoms with Gasteiger partial charge in [-0.25, -0.2) is 4.79 Å². The second-order valence-corrected chi connectivity index (χ2v) is 6.54. The van der Waals surface area contributed by atoms with Crippen molar-refractivity contribution in [3.63, 3.8) is 0 Å². The van der Waals surface area contributed by atoms with Gasteiger partial charge in [0.05, 0.1) is 19.8 Å². The van der Waals surface area contributed by atoms with E-state index in [1.807, 2.05) is 31.2 Å². The highest BCUT2D eigenvalue weighted by Crippen LogP contribution is 2.22. The SMILES string of the molecule is Cc1ccc(NC(=O)NCC(C2CCOC2)N2CCOCC2)cc1. The van der Waals surface area contributed by atoms with E-state index in [9.17, 15) is 4.79 Å². The molecular weight excluding hydrogens is 306 g/mol. The number of benzene rings is 1. The molecule has 2 unspecified atom stereocenters. The van der Waals surface area contributed by atoms with Crippen molar-refractivity contribution in [1.82, 2.24) is 10.2 Å². The Morgan fingerprint density at radius 2 is 1.96 bits per heavy atom. The number of ether oxygens (including phenoxy) is 2. The molecule has 2 heterocycles. The number of aryl methyl sites for hydroxylation is 1. The number of rotatable bonds is 5. The summed E-state index contributed by atoms with van der Waals surface area (Å²) in [6.07, 6.45) is 1.06. The number of urea groups is 1. The summed E-state index contributed by atoms with van der Waals surface area (Å²) >= 11 is 0. The molecule has 0 aliphatic carbocycles. The van der Waals surface area contributed by atoms with Gasteiger partial charge in [-0.2, -0.15) is 0 Å². The zero-order valence-electron chi connectivity index (χ0n) is 14.3. The zero-order chi connectivity index (χ0) is 16.8. The molecule has 3 rings (SSSR count). The number of anilines is 1. The minimum Gasteiger partial charge on any atom is -0.381 e. The van der Waals surface area contributed by atoms with Crippen molar-refractivity contribution < 1.29 is 14.3 Å². The van der Waals surface area contributed by atoms with Crippen LogP contribution in [0, 0.1) is 12.8 Å². The van der Waals surface area contributed by atoms with Crippen LogP contribution in [0.25, 0.3) is 0 Å². The van der Waals surface area contributed by atoms with Crippen molar-refractivity contribution in [2.45, 2.75) is 19.4 Å². The topological polar surface area (TPSA) is 62.8 Å². The van der Waals surface area contributed by atoms with Gasteiger partial charge in [-0.1, -0.05) is 17.7 Å². The third kappa shape index (κ3) is 4.69. The molecule has 2 N–H and O–H groups in total. The van der Waals surface area contributed by atoms with E-state index in [-0.39, 0.29) is 6.03 Å². The van der Waals surface area contributed by atoms with E-state index in [0.29, 0.717) is 18.5 Å². The number of hydrogen-bond donors (Lipinski definition) is 2. The number of morpholine rings is 1. The van der Waals surface area contributed by atoms with Crippen molar-refractivity contribution in [1.29, 1.82) is 0 Å². The minimum absolute atomic E-state index is 0.156. The van der Waals surface area contributed by atoms with Gasteiger partial charge in [0, 0.05) is 43.9 Å². The van der Waals surface area contributed by atoms with Gasteiger partial charge in [0.25, 0.3) is 0 Å². The molecule has 2 atom stereocenters. The fourth-order valence-corrected chi connectivity index (χ4v) is 3.37. The van der Waals surface area contributed by atoms with Crippen LogP contribution in [0.2, 0.25) is 0 Å². The summed E-state index contributed by atoms with van der Waals surface area (Å²) in [4.78, 5) is 14.6. The van der Waals surface area contributed by atoms with Crippen LogP contribution in [-0.2, 0) is 9.47 Å². The Kier molecular flexibility index (Phi) is 6.07. The number of carbonyl (C=O) groups is 1. The van der Waals surface area contributed by atoms with E-state index >= 15 is 0 Å². The fourth-order valence-electron chi connectivity index (χ4n) is 3.37. The molecular formula is C18H27N3O3. The van der Waals surface area contributed by atoms with Gasteiger partial charge in [0.15, 0.2) is 0 Å². The Bertz CT molecular complexity index is 523. The van der Waals surface area contributed by atoms with Crippen molar-refractivity contribution in [3.05, 3.63) is 29.8 Å². The van der Waals surface area contributed by atoms with Gasteiger partial charge in [-0.15, -0.1) is 0 Å². The first-order valence-electron chi connectivity index (χ1n) is 8.73. The molecule has 0 saturated carbocycles. The van der Waals surface area contributed by atoms with Gasteiger partial charge in [0.2, 0.25) is 0 Å². The average Bonchev–Trinajstić information content (AvgIpc) is 3.12. The van der Waals surface area contributed by atoms with Crippen LogP contribution in [0.1, 0.15) is 12.0 Å². The second-order valence-electron chi connectivity index (χ2n) is 6.54. The molecule has 2 aliphatic rings. The Morgan fingerprint density at radius 1 is 1.21 bits per heavy atom. The van der Waals surface area contributed by atoms with Crippen molar-refractivity contribution in [2.24, 2.45) is 5.92 Å². The predicted molar refractivity (Wildman–Crippen MR) is 93.3 cm³/mol. The van der Waals surface area contributed by atoms with Gasteiger partial charge < -0.3 is 20.1 Å². The summed E-state index contributed by atoms with van der Waals surface area (Å²) in [7, 11) is 0. The first-order valence-corrected chi connectivity index (χ1v) is 8.73. The lowest BCUT2D eigenvalue weighted by molar-refractivity contribution is 0.00222. The lowest BCUT2D eigenvalue weighted by Crippen LogP contribution is -2.52. The maximum atomic E-state index is 12.2. The number of hydrogen-bond acceptors (Lipinski definition) is 4. The first kappa shape index (κ1) is 17.2. The van der Waals surface area contributed by atoms with E-state index < -0.39 is 0 Å². The molecule has 0 spiro atoms.